The Morgan fingerprint density at radius 3 is 2.69 bits per heavy atom. The highest BCUT2D eigenvalue weighted by Gasteiger charge is 2.16. The monoisotopic (exact) mass is 376 g/mol. The van der Waals surface area contributed by atoms with E-state index in [-0.39, 0.29) is 16.3 Å². The van der Waals surface area contributed by atoms with Crippen molar-refractivity contribution in [3.8, 4) is 0 Å². The van der Waals surface area contributed by atoms with E-state index in [9.17, 15) is 19.7 Å². The van der Waals surface area contributed by atoms with Gasteiger partial charge in [0, 0.05) is 17.8 Å². The number of benzene rings is 2. The molecule has 8 heteroatoms. The molecule has 0 radical (unpaired) electrons. The van der Waals surface area contributed by atoms with Gasteiger partial charge in [-0.05, 0) is 30.7 Å². The average Bonchev–Trinajstić information content (AvgIpc) is 2.62. The van der Waals surface area contributed by atoms with E-state index in [1.165, 1.54) is 18.2 Å². The lowest BCUT2D eigenvalue weighted by atomic mass is 10.1. The van der Waals surface area contributed by atoms with Crippen LogP contribution in [0.4, 0.5) is 11.4 Å². The van der Waals surface area contributed by atoms with Crippen LogP contribution in [0, 0.1) is 10.1 Å². The summed E-state index contributed by atoms with van der Waals surface area (Å²) in [5.74, 6) is -1.10. The lowest BCUT2D eigenvalue weighted by Crippen LogP contribution is -2.14. The molecule has 1 amide bonds. The molecule has 2 aromatic rings. The Bertz CT molecular complexity index is 838. The van der Waals surface area contributed by atoms with E-state index < -0.39 is 16.8 Å². The summed E-state index contributed by atoms with van der Waals surface area (Å²) < 4.78 is 5.13. The van der Waals surface area contributed by atoms with E-state index in [0.29, 0.717) is 17.9 Å². The summed E-state index contributed by atoms with van der Waals surface area (Å²) in [6, 6.07) is 9.83. The molecule has 1 N–H and O–H groups in total. The highest BCUT2D eigenvalue weighted by atomic mass is 35.5. The molecule has 0 aliphatic rings. The zero-order valence-corrected chi connectivity index (χ0v) is 14.8. The Morgan fingerprint density at radius 2 is 2.00 bits per heavy atom. The number of halogens is 1. The van der Waals surface area contributed by atoms with Crippen molar-refractivity contribution in [2.24, 2.45) is 0 Å². The molecule has 0 saturated carbocycles. The van der Waals surface area contributed by atoms with E-state index in [4.69, 9.17) is 16.3 Å². The maximum atomic E-state index is 12.4. The van der Waals surface area contributed by atoms with Crippen molar-refractivity contribution in [2.75, 3.05) is 11.9 Å². The van der Waals surface area contributed by atoms with E-state index in [0.717, 1.165) is 18.9 Å². The molecule has 0 fully saturated rings. The minimum atomic E-state index is -0.616. The number of ether oxygens (including phenoxy) is 1. The van der Waals surface area contributed by atoms with Crippen LogP contribution >= 0.6 is 11.6 Å². The third-order valence-corrected chi connectivity index (χ3v) is 3.82. The molecule has 2 aromatic carbocycles. The lowest BCUT2D eigenvalue weighted by Gasteiger charge is -2.09. The largest absolute Gasteiger partial charge is 0.462 e. The van der Waals surface area contributed by atoms with Crippen molar-refractivity contribution >= 4 is 34.9 Å². The number of hydrogen-bond donors (Lipinski definition) is 1. The minimum Gasteiger partial charge on any atom is -0.462 e. The van der Waals surface area contributed by atoms with Gasteiger partial charge in [0.2, 0.25) is 0 Å². The molecule has 0 unspecified atom stereocenters. The Labute approximate surface area is 155 Å². The lowest BCUT2D eigenvalue weighted by molar-refractivity contribution is -0.384. The number of rotatable bonds is 7. The van der Waals surface area contributed by atoms with Gasteiger partial charge >= 0.3 is 5.97 Å². The van der Waals surface area contributed by atoms with Crippen LogP contribution < -0.4 is 5.32 Å². The topological polar surface area (TPSA) is 98.5 Å². The van der Waals surface area contributed by atoms with Crippen LogP contribution in [0.5, 0.6) is 0 Å². The van der Waals surface area contributed by atoms with Crippen LogP contribution in [-0.4, -0.2) is 23.4 Å². The zero-order chi connectivity index (χ0) is 19.1. The number of carbonyl (C=O) groups is 2. The van der Waals surface area contributed by atoms with Crippen LogP contribution in [0.3, 0.4) is 0 Å². The quantitative estimate of drug-likeness (QED) is 0.333. The summed E-state index contributed by atoms with van der Waals surface area (Å²) in [4.78, 5) is 34.6. The number of nitro benzene ring substituents is 1. The van der Waals surface area contributed by atoms with Gasteiger partial charge in [0.25, 0.3) is 11.6 Å². The van der Waals surface area contributed by atoms with Gasteiger partial charge in [0.1, 0.15) is 0 Å². The normalized spacial score (nSPS) is 10.2. The molecule has 0 atom stereocenters. The van der Waals surface area contributed by atoms with Crippen molar-refractivity contribution in [1.29, 1.82) is 0 Å². The second-order valence-electron chi connectivity index (χ2n) is 5.45. The van der Waals surface area contributed by atoms with Gasteiger partial charge < -0.3 is 10.1 Å². The molecule has 2 rings (SSSR count). The highest BCUT2D eigenvalue weighted by Crippen LogP contribution is 2.23. The first kappa shape index (κ1) is 19.4. The first-order chi connectivity index (χ1) is 12.4. The molecule has 0 aromatic heterocycles. The maximum absolute atomic E-state index is 12.4. The van der Waals surface area contributed by atoms with E-state index in [2.05, 4.69) is 5.32 Å². The summed E-state index contributed by atoms with van der Waals surface area (Å²) in [6.45, 7) is 2.32. The fraction of sp³-hybridized carbons (Fsp3) is 0.222. The zero-order valence-electron chi connectivity index (χ0n) is 14.0. The molecule has 26 heavy (non-hydrogen) atoms. The van der Waals surface area contributed by atoms with Crippen LogP contribution in [-0.2, 0) is 4.74 Å². The smallest absolute Gasteiger partial charge is 0.338 e. The molecule has 0 bridgehead atoms. The van der Waals surface area contributed by atoms with Crippen molar-refractivity contribution < 1.29 is 19.2 Å². The summed E-state index contributed by atoms with van der Waals surface area (Å²) in [6.07, 6.45) is 1.68. The maximum Gasteiger partial charge on any atom is 0.338 e. The Kier molecular flexibility index (Phi) is 6.68. The van der Waals surface area contributed by atoms with Crippen molar-refractivity contribution in [3.05, 3.63) is 68.7 Å². The first-order valence-electron chi connectivity index (χ1n) is 7.95. The van der Waals surface area contributed by atoms with Crippen LogP contribution in [0.25, 0.3) is 0 Å². The van der Waals surface area contributed by atoms with Gasteiger partial charge in [0.05, 0.1) is 27.7 Å². The third kappa shape index (κ3) is 5.03. The molecular weight excluding hydrogens is 360 g/mol. The Balaban J connectivity index is 2.15. The molecule has 7 nitrogen and oxygen atoms in total. The summed E-state index contributed by atoms with van der Waals surface area (Å²) in [7, 11) is 0. The van der Waals surface area contributed by atoms with E-state index in [1.54, 1.807) is 18.2 Å². The molecule has 0 saturated heterocycles. The molecule has 0 aliphatic heterocycles. The second-order valence-corrected chi connectivity index (χ2v) is 5.85. The van der Waals surface area contributed by atoms with E-state index >= 15 is 0 Å². The average molecular weight is 377 g/mol. The number of nitrogens with zero attached hydrogens (tertiary/aromatic N) is 1. The Morgan fingerprint density at radius 1 is 1.23 bits per heavy atom. The number of non-ortho nitro benzene ring substituents is 1. The molecule has 0 heterocycles. The number of anilines is 1. The molecule has 0 spiro atoms. The number of esters is 1. The van der Waals surface area contributed by atoms with Gasteiger partial charge in [0.15, 0.2) is 0 Å². The Hall–Kier alpha value is -2.93. The standard InChI is InChI=1S/C18H17ClN2O5/c1-2-3-9-26-18(23)12-5-4-6-13(10-12)20-17(22)15-11-14(21(24)25)7-8-16(15)19/h4-8,10-11H,2-3,9H2,1H3,(H,20,22). The predicted octanol–water partition coefficient (Wildman–Crippen LogP) is 4.46. The minimum absolute atomic E-state index is 0.0307. The van der Waals surface area contributed by atoms with Crippen LogP contribution in [0.1, 0.15) is 40.5 Å². The van der Waals surface area contributed by atoms with Crippen LogP contribution in [0.2, 0.25) is 5.02 Å². The number of amides is 1. The van der Waals surface area contributed by atoms with Gasteiger partial charge in [-0.1, -0.05) is 31.0 Å². The van der Waals surface area contributed by atoms with E-state index in [1.807, 2.05) is 6.92 Å². The van der Waals surface area contributed by atoms with Gasteiger partial charge in [-0.3, -0.25) is 14.9 Å². The summed E-state index contributed by atoms with van der Waals surface area (Å²) in [5, 5.41) is 13.5. The van der Waals surface area contributed by atoms with Crippen molar-refractivity contribution in [3.63, 3.8) is 0 Å². The fourth-order valence-electron chi connectivity index (χ4n) is 2.12. The van der Waals surface area contributed by atoms with Crippen molar-refractivity contribution in [1.82, 2.24) is 0 Å². The summed E-state index contributed by atoms with van der Waals surface area (Å²) in [5.41, 5.74) is 0.371. The van der Waals surface area contributed by atoms with Gasteiger partial charge in [-0.15, -0.1) is 0 Å². The van der Waals surface area contributed by atoms with Crippen molar-refractivity contribution in [2.45, 2.75) is 19.8 Å². The molecule has 0 aliphatic carbocycles. The fourth-order valence-corrected chi connectivity index (χ4v) is 2.32. The number of carbonyl (C=O) groups excluding carboxylic acids is 2. The third-order valence-electron chi connectivity index (χ3n) is 3.49. The molecular formula is C18H17ClN2O5. The van der Waals surface area contributed by atoms with Gasteiger partial charge in [-0.25, -0.2) is 4.79 Å². The second kappa shape index (κ2) is 8.96. The number of hydrogen-bond acceptors (Lipinski definition) is 5. The van der Waals surface area contributed by atoms with Crippen LogP contribution in [0.15, 0.2) is 42.5 Å². The number of nitro groups is 1. The van der Waals surface area contributed by atoms with Gasteiger partial charge in [-0.2, -0.15) is 0 Å². The SMILES string of the molecule is CCCCOC(=O)c1cccc(NC(=O)c2cc([N+](=O)[O-])ccc2Cl)c1. The predicted molar refractivity (Wildman–Crippen MR) is 97.7 cm³/mol. The number of unbranched alkanes of at least 4 members (excludes halogenated alkanes) is 1. The highest BCUT2D eigenvalue weighted by molar-refractivity contribution is 6.34. The first-order valence-corrected chi connectivity index (χ1v) is 8.32. The number of nitrogens with one attached hydrogen (secondary N) is 1. The molecule has 136 valence electrons. The summed E-state index contributed by atoms with van der Waals surface area (Å²) >= 11 is 5.96.